The second-order valence-electron chi connectivity index (χ2n) is 9.06. The van der Waals surface area contributed by atoms with Crippen LogP contribution in [0.1, 0.15) is 43.8 Å². The lowest BCUT2D eigenvalue weighted by Crippen LogP contribution is -2.20. The minimum atomic E-state index is -0.716. The van der Waals surface area contributed by atoms with E-state index in [1.807, 2.05) is 21.1 Å². The van der Waals surface area contributed by atoms with Gasteiger partial charge in [-0.2, -0.15) is 5.10 Å². The number of hydrogen-bond acceptors (Lipinski definition) is 5. The van der Waals surface area contributed by atoms with Gasteiger partial charge < -0.3 is 20.5 Å². The van der Waals surface area contributed by atoms with Crippen LogP contribution in [0.4, 0.5) is 15.8 Å². The van der Waals surface area contributed by atoms with E-state index in [0.29, 0.717) is 22.4 Å². The van der Waals surface area contributed by atoms with Gasteiger partial charge in [0.1, 0.15) is 5.82 Å². The summed E-state index contributed by atoms with van der Waals surface area (Å²) in [5.74, 6) is 3.05. The maximum atomic E-state index is 14.9. The van der Waals surface area contributed by atoms with Crippen molar-refractivity contribution in [3.8, 4) is 24.7 Å². The Hall–Kier alpha value is -4.92. The standard InChI is InChI=1S/C31H30FN5O2/c1-6-22-9-13-25(14-10-22)34-31(39)27-19-23(7-2)12-16-29(27)35-30(38)26-15-11-24(20-28(26)32)21-33-37(5)18-8-17-36(3)4/h1-2,9-16,19-21H,8,17-18H2,3-5H3,(H,34,39)(H,35,38). The smallest absolute Gasteiger partial charge is 0.258 e. The Morgan fingerprint density at radius 1 is 0.872 bits per heavy atom. The molecule has 0 fully saturated rings. The fourth-order valence-electron chi connectivity index (χ4n) is 3.60. The topological polar surface area (TPSA) is 77.0 Å². The zero-order chi connectivity index (χ0) is 28.4. The lowest BCUT2D eigenvalue weighted by Gasteiger charge is -2.15. The summed E-state index contributed by atoms with van der Waals surface area (Å²) in [6.45, 7) is 1.69. The molecule has 39 heavy (non-hydrogen) atoms. The molecule has 0 radical (unpaired) electrons. The Balaban J connectivity index is 1.74. The molecule has 0 unspecified atom stereocenters. The first-order valence-corrected chi connectivity index (χ1v) is 12.2. The zero-order valence-electron chi connectivity index (χ0n) is 22.2. The quantitative estimate of drug-likeness (QED) is 0.233. The molecule has 2 amide bonds. The van der Waals surface area contributed by atoms with E-state index in [4.69, 9.17) is 12.8 Å². The number of amides is 2. The molecule has 7 nitrogen and oxygen atoms in total. The van der Waals surface area contributed by atoms with Crippen LogP contribution >= 0.6 is 0 Å². The van der Waals surface area contributed by atoms with Crippen LogP contribution in [-0.4, -0.2) is 62.2 Å². The normalized spacial score (nSPS) is 10.6. The minimum Gasteiger partial charge on any atom is -0.322 e. The van der Waals surface area contributed by atoms with Crippen molar-refractivity contribution >= 4 is 29.4 Å². The molecule has 2 N–H and O–H groups in total. The minimum absolute atomic E-state index is 0.126. The van der Waals surface area contributed by atoms with Crippen molar-refractivity contribution in [2.45, 2.75) is 6.42 Å². The van der Waals surface area contributed by atoms with Crippen molar-refractivity contribution in [3.63, 3.8) is 0 Å². The maximum Gasteiger partial charge on any atom is 0.258 e. The van der Waals surface area contributed by atoms with Crippen molar-refractivity contribution in [1.82, 2.24) is 9.91 Å². The maximum absolute atomic E-state index is 14.9. The molecule has 0 saturated carbocycles. The fraction of sp³-hybridized carbons (Fsp3) is 0.194. The lowest BCUT2D eigenvalue weighted by atomic mass is 10.1. The number of terminal acetylenes is 2. The molecule has 0 bridgehead atoms. The van der Waals surface area contributed by atoms with Gasteiger partial charge in [0.2, 0.25) is 0 Å². The van der Waals surface area contributed by atoms with Crippen molar-refractivity contribution in [1.29, 1.82) is 0 Å². The van der Waals surface area contributed by atoms with E-state index >= 15 is 0 Å². The molecule has 3 aromatic rings. The van der Waals surface area contributed by atoms with Gasteiger partial charge in [0.05, 0.1) is 23.0 Å². The molecule has 8 heteroatoms. The molecule has 0 heterocycles. The Kier molecular flexibility index (Phi) is 9.97. The Labute approximate surface area is 228 Å². The molecule has 198 valence electrons. The van der Waals surface area contributed by atoms with Crippen LogP contribution in [0.2, 0.25) is 0 Å². The van der Waals surface area contributed by atoms with Gasteiger partial charge in [-0.1, -0.05) is 17.9 Å². The average Bonchev–Trinajstić information content (AvgIpc) is 2.92. The second-order valence-corrected chi connectivity index (χ2v) is 9.06. The molecule has 0 atom stereocenters. The number of nitrogens with zero attached hydrogens (tertiary/aromatic N) is 3. The Morgan fingerprint density at radius 3 is 2.18 bits per heavy atom. The number of nitrogens with one attached hydrogen (secondary N) is 2. The first-order chi connectivity index (χ1) is 18.7. The summed E-state index contributed by atoms with van der Waals surface area (Å²) in [4.78, 5) is 28.1. The van der Waals surface area contributed by atoms with Gasteiger partial charge in [-0.05, 0) is 87.2 Å². The predicted molar refractivity (Wildman–Crippen MR) is 154 cm³/mol. The van der Waals surface area contributed by atoms with E-state index < -0.39 is 17.6 Å². The molecule has 0 aromatic heterocycles. The number of hydrazone groups is 1. The first kappa shape index (κ1) is 28.6. The third kappa shape index (κ3) is 8.29. The van der Waals surface area contributed by atoms with Gasteiger partial charge >= 0.3 is 0 Å². The Morgan fingerprint density at radius 2 is 1.54 bits per heavy atom. The second kappa shape index (κ2) is 13.6. The molecule has 0 saturated heterocycles. The van der Waals surface area contributed by atoms with Crippen LogP contribution in [0.5, 0.6) is 0 Å². The summed E-state index contributed by atoms with van der Waals surface area (Å²) in [5, 5.41) is 11.5. The van der Waals surface area contributed by atoms with Crippen LogP contribution in [-0.2, 0) is 0 Å². The van der Waals surface area contributed by atoms with Gasteiger partial charge in [-0.3, -0.25) is 9.59 Å². The van der Waals surface area contributed by atoms with Crippen LogP contribution in [0.3, 0.4) is 0 Å². The summed E-state index contributed by atoms with van der Waals surface area (Å²) in [6.07, 6.45) is 13.4. The van der Waals surface area contributed by atoms with Crippen molar-refractivity contribution in [2.75, 3.05) is 44.9 Å². The highest BCUT2D eigenvalue weighted by molar-refractivity contribution is 6.12. The number of carbonyl (C=O) groups is 2. The first-order valence-electron chi connectivity index (χ1n) is 12.2. The molecular weight excluding hydrogens is 493 g/mol. The van der Waals surface area contributed by atoms with Crippen LogP contribution in [0.15, 0.2) is 65.8 Å². The molecular formula is C31H30FN5O2. The molecule has 3 aromatic carbocycles. The number of rotatable bonds is 10. The molecule has 3 rings (SSSR count). The van der Waals surface area contributed by atoms with Gasteiger partial charge in [0, 0.05) is 30.4 Å². The SMILES string of the molecule is C#Cc1ccc(NC(=O)c2cc(C#C)ccc2NC(=O)c2ccc(C=NN(C)CCCN(C)C)cc2F)cc1. The number of hydrogen-bond donors (Lipinski definition) is 2. The van der Waals surface area contributed by atoms with E-state index in [9.17, 15) is 14.0 Å². The van der Waals surface area contributed by atoms with E-state index in [0.717, 1.165) is 19.5 Å². The van der Waals surface area contributed by atoms with Crippen molar-refractivity contribution < 1.29 is 14.0 Å². The van der Waals surface area contributed by atoms with Crippen LogP contribution < -0.4 is 10.6 Å². The number of anilines is 2. The summed E-state index contributed by atoms with van der Waals surface area (Å²) in [7, 11) is 5.86. The van der Waals surface area contributed by atoms with Gasteiger partial charge in [-0.15, -0.1) is 12.8 Å². The van der Waals surface area contributed by atoms with Gasteiger partial charge in [0.25, 0.3) is 11.8 Å². The highest BCUT2D eigenvalue weighted by atomic mass is 19.1. The lowest BCUT2D eigenvalue weighted by molar-refractivity contribution is 0.102. The summed E-state index contributed by atoms with van der Waals surface area (Å²) >= 11 is 0. The average molecular weight is 524 g/mol. The molecule has 0 aliphatic heterocycles. The van der Waals surface area contributed by atoms with Crippen molar-refractivity contribution in [3.05, 3.63) is 94.3 Å². The highest BCUT2D eigenvalue weighted by Gasteiger charge is 2.18. The van der Waals surface area contributed by atoms with Gasteiger partial charge in [-0.25, -0.2) is 4.39 Å². The molecule has 0 aliphatic rings. The number of carbonyl (C=O) groups excluding carboxylic acids is 2. The molecule has 0 aliphatic carbocycles. The number of halogens is 1. The van der Waals surface area contributed by atoms with E-state index in [2.05, 4.69) is 32.5 Å². The predicted octanol–water partition coefficient (Wildman–Crippen LogP) is 4.51. The zero-order valence-corrected chi connectivity index (χ0v) is 22.2. The van der Waals surface area contributed by atoms with Gasteiger partial charge in [0.15, 0.2) is 0 Å². The largest absolute Gasteiger partial charge is 0.322 e. The Bertz CT molecular complexity index is 1450. The van der Waals surface area contributed by atoms with Crippen LogP contribution in [0, 0.1) is 30.5 Å². The highest BCUT2D eigenvalue weighted by Crippen LogP contribution is 2.21. The summed E-state index contributed by atoms with van der Waals surface area (Å²) in [5.41, 5.74) is 2.27. The summed E-state index contributed by atoms with van der Waals surface area (Å²) < 4.78 is 14.9. The number of benzene rings is 3. The van der Waals surface area contributed by atoms with E-state index in [1.54, 1.807) is 41.4 Å². The van der Waals surface area contributed by atoms with E-state index in [-0.39, 0.29) is 16.8 Å². The van der Waals surface area contributed by atoms with E-state index in [1.165, 1.54) is 30.5 Å². The fourth-order valence-corrected chi connectivity index (χ4v) is 3.60. The van der Waals surface area contributed by atoms with Crippen LogP contribution in [0.25, 0.3) is 0 Å². The molecule has 0 spiro atoms. The third-order valence-corrected chi connectivity index (χ3v) is 5.72. The third-order valence-electron chi connectivity index (χ3n) is 5.72. The monoisotopic (exact) mass is 523 g/mol. The van der Waals surface area contributed by atoms with Crippen molar-refractivity contribution in [2.24, 2.45) is 5.10 Å². The summed E-state index contributed by atoms with van der Waals surface area (Å²) in [6, 6.07) is 15.5.